The summed E-state index contributed by atoms with van der Waals surface area (Å²) in [6.07, 6.45) is 1.78. The molecule has 2 aromatic rings. The third-order valence-corrected chi connectivity index (χ3v) is 3.32. The summed E-state index contributed by atoms with van der Waals surface area (Å²) in [4.78, 5) is 8.83. The molecule has 0 aliphatic carbocycles. The second kappa shape index (κ2) is 5.29. The van der Waals surface area contributed by atoms with Crippen LogP contribution in [0.4, 0.5) is 0 Å². The first-order chi connectivity index (χ1) is 8.19. The smallest absolute Gasteiger partial charge is 0.107 e. The molecule has 0 unspecified atom stereocenters. The second-order valence-corrected chi connectivity index (χ2v) is 4.91. The maximum absolute atomic E-state index is 5.69. The highest BCUT2D eigenvalue weighted by Gasteiger charge is 2.06. The van der Waals surface area contributed by atoms with Crippen LogP contribution in [-0.4, -0.2) is 9.97 Å². The fourth-order valence-electron chi connectivity index (χ4n) is 1.63. The third kappa shape index (κ3) is 3.05. The number of aryl methyl sites for hydroxylation is 2. The molecule has 2 rings (SSSR count). The Kier molecular flexibility index (Phi) is 3.76. The fraction of sp³-hybridized carbons (Fsp3) is 0.231. The number of pyridine rings is 2. The van der Waals surface area contributed by atoms with Crippen molar-refractivity contribution in [2.45, 2.75) is 30.4 Å². The SMILES string of the molecule is Cc1cc(C)nc(Sc2ncccc2CN)c1. The van der Waals surface area contributed by atoms with Crippen LogP contribution in [0, 0.1) is 13.8 Å². The molecule has 17 heavy (non-hydrogen) atoms. The van der Waals surface area contributed by atoms with Gasteiger partial charge in [-0.3, -0.25) is 0 Å². The number of nitrogens with two attached hydrogens (primary N) is 1. The van der Waals surface area contributed by atoms with E-state index in [1.54, 1.807) is 18.0 Å². The summed E-state index contributed by atoms with van der Waals surface area (Å²) >= 11 is 1.56. The van der Waals surface area contributed by atoms with Gasteiger partial charge in [-0.1, -0.05) is 6.07 Å². The molecule has 0 bridgehead atoms. The van der Waals surface area contributed by atoms with Crippen LogP contribution in [0.5, 0.6) is 0 Å². The number of rotatable bonds is 3. The molecule has 2 aromatic heterocycles. The zero-order valence-corrected chi connectivity index (χ0v) is 10.8. The van der Waals surface area contributed by atoms with Crippen LogP contribution in [-0.2, 0) is 6.54 Å². The minimum Gasteiger partial charge on any atom is -0.326 e. The summed E-state index contributed by atoms with van der Waals surface area (Å²) in [6, 6.07) is 8.03. The van der Waals surface area contributed by atoms with Crippen LogP contribution in [0.1, 0.15) is 16.8 Å². The molecule has 0 amide bonds. The van der Waals surface area contributed by atoms with Gasteiger partial charge in [0.15, 0.2) is 0 Å². The minimum atomic E-state index is 0.501. The van der Waals surface area contributed by atoms with E-state index in [2.05, 4.69) is 29.0 Å². The molecule has 0 atom stereocenters. The Morgan fingerprint density at radius 2 is 2.12 bits per heavy atom. The molecular formula is C13H15N3S. The van der Waals surface area contributed by atoms with Crippen LogP contribution in [0.3, 0.4) is 0 Å². The predicted molar refractivity (Wildman–Crippen MR) is 70.0 cm³/mol. The van der Waals surface area contributed by atoms with Crippen molar-refractivity contribution in [3.05, 3.63) is 47.3 Å². The van der Waals surface area contributed by atoms with Crippen LogP contribution in [0.2, 0.25) is 0 Å². The van der Waals surface area contributed by atoms with Crippen molar-refractivity contribution >= 4 is 11.8 Å². The number of aromatic nitrogens is 2. The first-order valence-electron chi connectivity index (χ1n) is 5.46. The van der Waals surface area contributed by atoms with Crippen molar-refractivity contribution in [1.82, 2.24) is 9.97 Å². The van der Waals surface area contributed by atoms with Crippen LogP contribution < -0.4 is 5.73 Å². The second-order valence-electron chi connectivity index (χ2n) is 3.90. The van der Waals surface area contributed by atoms with E-state index in [1.165, 1.54) is 5.56 Å². The molecule has 0 radical (unpaired) electrons. The Bertz CT molecular complexity index is 506. The van der Waals surface area contributed by atoms with Gasteiger partial charge in [0.2, 0.25) is 0 Å². The largest absolute Gasteiger partial charge is 0.326 e. The molecule has 0 aliphatic heterocycles. The molecule has 3 nitrogen and oxygen atoms in total. The van der Waals surface area contributed by atoms with Gasteiger partial charge in [0.25, 0.3) is 0 Å². The summed E-state index contributed by atoms with van der Waals surface area (Å²) < 4.78 is 0. The van der Waals surface area contributed by atoms with E-state index in [-0.39, 0.29) is 0 Å². The Hall–Kier alpha value is -1.39. The molecule has 0 aromatic carbocycles. The first kappa shape index (κ1) is 12.1. The lowest BCUT2D eigenvalue weighted by molar-refractivity contribution is 0.956. The topological polar surface area (TPSA) is 51.8 Å². The molecule has 4 heteroatoms. The first-order valence-corrected chi connectivity index (χ1v) is 6.28. The van der Waals surface area contributed by atoms with E-state index in [1.807, 2.05) is 19.1 Å². The van der Waals surface area contributed by atoms with Gasteiger partial charge in [-0.05, 0) is 54.9 Å². The maximum Gasteiger partial charge on any atom is 0.107 e. The van der Waals surface area contributed by atoms with E-state index in [4.69, 9.17) is 5.73 Å². The Labute approximate surface area is 105 Å². The van der Waals surface area contributed by atoms with E-state index in [0.717, 1.165) is 21.3 Å². The Morgan fingerprint density at radius 3 is 2.82 bits per heavy atom. The predicted octanol–water partition coefficient (Wildman–Crippen LogP) is 2.70. The summed E-state index contributed by atoms with van der Waals surface area (Å²) in [6.45, 7) is 4.57. The lowest BCUT2D eigenvalue weighted by Crippen LogP contribution is -1.99. The number of hydrogen-bond donors (Lipinski definition) is 1. The van der Waals surface area contributed by atoms with Crippen molar-refractivity contribution in [2.75, 3.05) is 0 Å². The standard InChI is InChI=1S/C13H15N3S/c1-9-6-10(2)16-12(7-9)17-13-11(8-14)4-3-5-15-13/h3-7H,8,14H2,1-2H3. The summed E-state index contributed by atoms with van der Waals surface area (Å²) in [5, 5.41) is 1.91. The normalized spacial score (nSPS) is 10.5. The average Bonchev–Trinajstić information content (AvgIpc) is 2.28. The van der Waals surface area contributed by atoms with Gasteiger partial charge in [0.05, 0.1) is 0 Å². The Balaban J connectivity index is 2.31. The molecule has 2 N–H and O–H groups in total. The van der Waals surface area contributed by atoms with Crippen molar-refractivity contribution in [3.8, 4) is 0 Å². The van der Waals surface area contributed by atoms with E-state index < -0.39 is 0 Å². The average molecular weight is 245 g/mol. The van der Waals surface area contributed by atoms with Gasteiger partial charge < -0.3 is 5.73 Å². The quantitative estimate of drug-likeness (QED) is 0.903. The lowest BCUT2D eigenvalue weighted by atomic mass is 10.3. The van der Waals surface area contributed by atoms with Crippen molar-refractivity contribution < 1.29 is 0 Å². The summed E-state index contributed by atoms with van der Waals surface area (Å²) in [7, 11) is 0. The highest BCUT2D eigenvalue weighted by molar-refractivity contribution is 7.99. The van der Waals surface area contributed by atoms with Gasteiger partial charge in [-0.2, -0.15) is 0 Å². The number of hydrogen-bond acceptors (Lipinski definition) is 4. The van der Waals surface area contributed by atoms with Gasteiger partial charge in [-0.15, -0.1) is 0 Å². The minimum absolute atomic E-state index is 0.501. The molecular weight excluding hydrogens is 230 g/mol. The molecule has 0 fully saturated rings. The highest BCUT2D eigenvalue weighted by atomic mass is 32.2. The van der Waals surface area contributed by atoms with Crippen molar-refractivity contribution in [3.63, 3.8) is 0 Å². The highest BCUT2D eigenvalue weighted by Crippen LogP contribution is 2.27. The van der Waals surface area contributed by atoms with Gasteiger partial charge in [0.1, 0.15) is 10.1 Å². The molecule has 0 aliphatic rings. The molecule has 88 valence electrons. The molecule has 0 saturated heterocycles. The summed E-state index contributed by atoms with van der Waals surface area (Å²) in [5.74, 6) is 0. The Morgan fingerprint density at radius 1 is 1.29 bits per heavy atom. The monoisotopic (exact) mass is 245 g/mol. The van der Waals surface area contributed by atoms with E-state index in [9.17, 15) is 0 Å². The van der Waals surface area contributed by atoms with Crippen LogP contribution in [0.15, 0.2) is 40.5 Å². The number of nitrogens with zero attached hydrogens (tertiary/aromatic N) is 2. The van der Waals surface area contributed by atoms with Gasteiger partial charge >= 0.3 is 0 Å². The van der Waals surface area contributed by atoms with Gasteiger partial charge in [0, 0.05) is 18.4 Å². The fourth-order valence-corrected chi connectivity index (χ4v) is 2.66. The summed E-state index contributed by atoms with van der Waals surface area (Å²) in [5.41, 5.74) is 8.98. The van der Waals surface area contributed by atoms with Crippen LogP contribution in [0.25, 0.3) is 0 Å². The van der Waals surface area contributed by atoms with E-state index >= 15 is 0 Å². The van der Waals surface area contributed by atoms with Crippen molar-refractivity contribution in [1.29, 1.82) is 0 Å². The maximum atomic E-state index is 5.69. The van der Waals surface area contributed by atoms with Crippen molar-refractivity contribution in [2.24, 2.45) is 5.73 Å². The molecule has 0 spiro atoms. The molecule has 2 heterocycles. The van der Waals surface area contributed by atoms with E-state index in [0.29, 0.717) is 6.54 Å². The third-order valence-electron chi connectivity index (χ3n) is 2.35. The molecule has 0 saturated carbocycles. The lowest BCUT2D eigenvalue weighted by Gasteiger charge is -2.06. The zero-order valence-electron chi connectivity index (χ0n) is 9.97. The zero-order chi connectivity index (χ0) is 12.3. The van der Waals surface area contributed by atoms with Crippen LogP contribution >= 0.6 is 11.8 Å². The van der Waals surface area contributed by atoms with Gasteiger partial charge in [-0.25, -0.2) is 9.97 Å².